The second-order valence-corrected chi connectivity index (χ2v) is 5.84. The molecular weight excluding hydrogens is 256 g/mol. The van der Waals surface area contributed by atoms with Crippen molar-refractivity contribution in [1.82, 2.24) is 0 Å². The van der Waals surface area contributed by atoms with E-state index in [0.29, 0.717) is 19.6 Å². The van der Waals surface area contributed by atoms with Crippen LogP contribution in [0, 0.1) is 0 Å². The molecule has 1 unspecified atom stereocenters. The Hall–Kier alpha value is -0.950. The molecule has 6 heteroatoms. The Labute approximate surface area is 107 Å². The first-order valence-corrected chi connectivity index (χ1v) is 7.47. The van der Waals surface area contributed by atoms with Crippen molar-refractivity contribution in [3.05, 3.63) is 35.9 Å². The Morgan fingerprint density at radius 1 is 1.28 bits per heavy atom. The molecule has 0 radical (unpaired) electrons. The molecular formula is C12H16O5S. The average Bonchev–Trinajstić information content (AvgIpc) is 2.28. The van der Waals surface area contributed by atoms with Crippen LogP contribution in [0.5, 0.6) is 0 Å². The van der Waals surface area contributed by atoms with E-state index >= 15 is 0 Å². The molecule has 1 aromatic rings. The molecule has 0 spiro atoms. The number of hydrogen-bond acceptors (Lipinski definition) is 5. The molecule has 0 aliphatic carbocycles. The van der Waals surface area contributed by atoms with Crippen LogP contribution < -0.4 is 0 Å². The molecule has 1 fully saturated rings. The summed E-state index contributed by atoms with van der Waals surface area (Å²) in [7, 11) is -3.61. The molecule has 1 aromatic carbocycles. The van der Waals surface area contributed by atoms with Gasteiger partial charge in [0.1, 0.15) is 6.61 Å². The summed E-state index contributed by atoms with van der Waals surface area (Å²) in [6.07, 6.45) is 1.35. The lowest BCUT2D eigenvalue weighted by atomic mass is 10.1. The minimum absolute atomic E-state index is 0.106. The summed E-state index contributed by atoms with van der Waals surface area (Å²) in [5.74, 6) is -1.24. The molecule has 1 saturated heterocycles. The third-order valence-electron chi connectivity index (χ3n) is 2.53. The summed E-state index contributed by atoms with van der Waals surface area (Å²) >= 11 is 0. The molecule has 5 nitrogen and oxygen atoms in total. The molecule has 1 aliphatic rings. The molecule has 100 valence electrons. The molecule has 18 heavy (non-hydrogen) atoms. The first-order valence-electron chi connectivity index (χ1n) is 5.65. The Kier molecular flexibility index (Phi) is 4.01. The second kappa shape index (κ2) is 5.36. The van der Waals surface area contributed by atoms with Gasteiger partial charge < -0.3 is 9.47 Å². The smallest absolute Gasteiger partial charge is 0.267 e. The quantitative estimate of drug-likeness (QED) is 0.764. The molecule has 0 aromatic heterocycles. The molecule has 0 saturated carbocycles. The van der Waals surface area contributed by atoms with Gasteiger partial charge in [-0.25, -0.2) is 4.18 Å². The molecule has 1 heterocycles. The van der Waals surface area contributed by atoms with E-state index in [-0.39, 0.29) is 6.61 Å². The number of benzene rings is 1. The summed E-state index contributed by atoms with van der Waals surface area (Å²) in [6, 6.07) is 9.45. The molecule has 0 bridgehead atoms. The van der Waals surface area contributed by atoms with Gasteiger partial charge in [0, 0.05) is 6.42 Å². The first kappa shape index (κ1) is 13.5. The monoisotopic (exact) mass is 272 g/mol. The predicted octanol–water partition coefficient (Wildman–Crippen LogP) is 0.948. The first-order chi connectivity index (χ1) is 8.49. The van der Waals surface area contributed by atoms with E-state index in [1.165, 1.54) is 0 Å². The van der Waals surface area contributed by atoms with Gasteiger partial charge in [-0.1, -0.05) is 30.3 Å². The Balaban J connectivity index is 2.19. The van der Waals surface area contributed by atoms with Crippen LogP contribution >= 0.6 is 0 Å². The molecule has 0 N–H and O–H groups in total. The van der Waals surface area contributed by atoms with Crippen LogP contribution in [0.25, 0.3) is 0 Å². The van der Waals surface area contributed by atoms with Crippen molar-refractivity contribution in [3.63, 3.8) is 0 Å². The van der Waals surface area contributed by atoms with Gasteiger partial charge in [-0.05, 0) is 5.56 Å². The SMILES string of the molecule is CS(=O)(=O)OC1(Cc2ccccc2)COCCO1. The average molecular weight is 272 g/mol. The predicted molar refractivity (Wildman–Crippen MR) is 65.6 cm³/mol. The lowest BCUT2D eigenvalue weighted by Gasteiger charge is -2.35. The lowest BCUT2D eigenvalue weighted by Crippen LogP contribution is -2.48. The fourth-order valence-corrected chi connectivity index (χ4v) is 2.63. The van der Waals surface area contributed by atoms with Gasteiger partial charge >= 0.3 is 0 Å². The lowest BCUT2D eigenvalue weighted by molar-refractivity contribution is -0.249. The largest absolute Gasteiger partial charge is 0.373 e. The van der Waals surface area contributed by atoms with Crippen LogP contribution in [0.2, 0.25) is 0 Å². The summed E-state index contributed by atoms with van der Waals surface area (Å²) in [5.41, 5.74) is 0.937. The maximum atomic E-state index is 11.3. The molecule has 2 rings (SSSR count). The van der Waals surface area contributed by atoms with Crippen LogP contribution in [0.3, 0.4) is 0 Å². The third kappa shape index (κ3) is 3.78. The molecule has 1 aliphatic heterocycles. The highest BCUT2D eigenvalue weighted by atomic mass is 32.2. The van der Waals surface area contributed by atoms with Gasteiger partial charge in [-0.3, -0.25) is 0 Å². The van der Waals surface area contributed by atoms with Gasteiger partial charge in [0.15, 0.2) is 0 Å². The van der Waals surface area contributed by atoms with Crippen molar-refractivity contribution in [2.24, 2.45) is 0 Å². The van der Waals surface area contributed by atoms with E-state index in [9.17, 15) is 8.42 Å². The zero-order valence-corrected chi connectivity index (χ0v) is 11.0. The van der Waals surface area contributed by atoms with E-state index in [1.54, 1.807) is 0 Å². The summed E-state index contributed by atoms with van der Waals surface area (Å²) in [5, 5.41) is 0. The minimum atomic E-state index is -3.61. The standard InChI is InChI=1S/C12H16O5S/c1-18(13,14)17-12(10-15-7-8-16-12)9-11-5-3-2-4-6-11/h2-6H,7-10H2,1H3. The number of ether oxygens (including phenoxy) is 2. The van der Waals surface area contributed by atoms with Gasteiger partial charge in [0.05, 0.1) is 19.5 Å². The molecule has 0 amide bonds. The van der Waals surface area contributed by atoms with Crippen LogP contribution in [0.4, 0.5) is 0 Å². The van der Waals surface area contributed by atoms with Crippen molar-refractivity contribution >= 4 is 10.1 Å². The van der Waals surface area contributed by atoms with E-state index in [4.69, 9.17) is 13.7 Å². The Morgan fingerprint density at radius 2 is 2.00 bits per heavy atom. The van der Waals surface area contributed by atoms with E-state index < -0.39 is 15.9 Å². The zero-order valence-electron chi connectivity index (χ0n) is 10.2. The van der Waals surface area contributed by atoms with Crippen LogP contribution in [0.15, 0.2) is 30.3 Å². The summed E-state index contributed by atoms with van der Waals surface area (Å²) in [4.78, 5) is 0. The van der Waals surface area contributed by atoms with Crippen molar-refractivity contribution in [3.8, 4) is 0 Å². The normalized spacial score (nSPS) is 24.9. The van der Waals surface area contributed by atoms with E-state index in [1.807, 2.05) is 30.3 Å². The summed E-state index contributed by atoms with van der Waals surface area (Å²) in [6.45, 7) is 0.876. The fourth-order valence-electron chi connectivity index (χ4n) is 1.92. The van der Waals surface area contributed by atoms with Crippen LogP contribution in [0.1, 0.15) is 5.56 Å². The minimum Gasteiger partial charge on any atom is -0.373 e. The zero-order chi connectivity index (χ0) is 13.1. The highest BCUT2D eigenvalue weighted by Crippen LogP contribution is 2.25. The fraction of sp³-hybridized carbons (Fsp3) is 0.500. The van der Waals surface area contributed by atoms with E-state index in [2.05, 4.69) is 0 Å². The highest BCUT2D eigenvalue weighted by Gasteiger charge is 2.39. The van der Waals surface area contributed by atoms with Crippen molar-refractivity contribution in [2.75, 3.05) is 26.1 Å². The van der Waals surface area contributed by atoms with Crippen LogP contribution in [-0.4, -0.2) is 40.3 Å². The van der Waals surface area contributed by atoms with Crippen molar-refractivity contribution in [2.45, 2.75) is 12.2 Å². The van der Waals surface area contributed by atoms with Crippen molar-refractivity contribution < 1.29 is 22.1 Å². The Bertz CT molecular complexity index is 476. The van der Waals surface area contributed by atoms with Gasteiger partial charge in [-0.2, -0.15) is 8.42 Å². The highest BCUT2D eigenvalue weighted by molar-refractivity contribution is 7.86. The summed E-state index contributed by atoms with van der Waals surface area (Å²) < 4.78 is 38.6. The van der Waals surface area contributed by atoms with E-state index in [0.717, 1.165) is 11.8 Å². The van der Waals surface area contributed by atoms with Gasteiger partial charge in [0.25, 0.3) is 10.1 Å². The topological polar surface area (TPSA) is 61.8 Å². The van der Waals surface area contributed by atoms with Crippen LogP contribution in [-0.2, 0) is 30.2 Å². The van der Waals surface area contributed by atoms with Crippen molar-refractivity contribution in [1.29, 1.82) is 0 Å². The number of rotatable bonds is 4. The third-order valence-corrected chi connectivity index (χ3v) is 3.14. The molecule has 1 atom stereocenters. The second-order valence-electron chi connectivity index (χ2n) is 4.26. The maximum absolute atomic E-state index is 11.3. The maximum Gasteiger partial charge on any atom is 0.267 e. The van der Waals surface area contributed by atoms with Gasteiger partial charge in [0.2, 0.25) is 5.79 Å². The van der Waals surface area contributed by atoms with Gasteiger partial charge in [-0.15, -0.1) is 0 Å². The Morgan fingerprint density at radius 3 is 2.56 bits per heavy atom. The number of hydrogen-bond donors (Lipinski definition) is 0.